The summed E-state index contributed by atoms with van der Waals surface area (Å²) in [5, 5.41) is 3.34. The van der Waals surface area contributed by atoms with Gasteiger partial charge >= 0.3 is 6.18 Å². The van der Waals surface area contributed by atoms with Crippen LogP contribution in [-0.2, 0) is 7.05 Å². The Morgan fingerprint density at radius 2 is 1.89 bits per heavy atom. The Morgan fingerprint density at radius 3 is 2.48 bits per heavy atom. The van der Waals surface area contributed by atoms with Crippen LogP contribution in [0.2, 0.25) is 0 Å². The van der Waals surface area contributed by atoms with Crippen LogP contribution in [0.5, 0.6) is 5.75 Å². The zero-order valence-corrected chi connectivity index (χ0v) is 15.7. The topological polar surface area (TPSA) is 60.3 Å². The summed E-state index contributed by atoms with van der Waals surface area (Å²) in [7, 11) is 1.50. The van der Waals surface area contributed by atoms with E-state index in [0.717, 1.165) is 0 Å². The van der Waals surface area contributed by atoms with Gasteiger partial charge in [-0.05, 0) is 39.3 Å². The van der Waals surface area contributed by atoms with Crippen LogP contribution in [0.1, 0.15) is 44.0 Å². The van der Waals surface area contributed by atoms with E-state index in [1.165, 1.54) is 17.7 Å². The largest absolute Gasteiger partial charge is 0.491 e. The van der Waals surface area contributed by atoms with E-state index in [1.54, 1.807) is 18.2 Å². The molecule has 0 aliphatic carbocycles. The second-order valence-electron chi connectivity index (χ2n) is 7.39. The molecule has 2 rings (SSSR count). The van der Waals surface area contributed by atoms with Gasteiger partial charge in [-0.3, -0.25) is 9.59 Å². The number of carbonyl (C=O) groups excluding carboxylic acids is 1. The van der Waals surface area contributed by atoms with E-state index in [4.69, 9.17) is 4.74 Å². The van der Waals surface area contributed by atoms with Gasteiger partial charge in [-0.25, -0.2) is 0 Å². The normalized spacial score (nSPS) is 12.3. The number of amides is 1. The Labute approximate surface area is 155 Å². The molecule has 1 N–H and O–H groups in total. The molecular formula is C19H23F3N2O3. The van der Waals surface area contributed by atoms with E-state index in [-0.39, 0.29) is 18.6 Å². The Hall–Kier alpha value is -2.51. The summed E-state index contributed by atoms with van der Waals surface area (Å²) in [5.41, 5.74) is -0.577. The van der Waals surface area contributed by atoms with Crippen molar-refractivity contribution in [2.24, 2.45) is 7.05 Å². The van der Waals surface area contributed by atoms with Gasteiger partial charge in [0.15, 0.2) is 0 Å². The van der Waals surface area contributed by atoms with Gasteiger partial charge in [-0.1, -0.05) is 12.1 Å². The van der Waals surface area contributed by atoms with Gasteiger partial charge in [-0.15, -0.1) is 0 Å². The van der Waals surface area contributed by atoms with E-state index in [0.29, 0.717) is 16.7 Å². The van der Waals surface area contributed by atoms with Crippen molar-refractivity contribution in [2.45, 2.75) is 45.3 Å². The summed E-state index contributed by atoms with van der Waals surface area (Å²) in [6.07, 6.45) is -5.35. The minimum absolute atomic E-state index is 0.00542. The highest BCUT2D eigenvalue weighted by atomic mass is 19.4. The lowest BCUT2D eigenvalue weighted by atomic mass is 10.1. The number of nitrogens with one attached hydrogen (secondary N) is 1. The molecule has 1 aromatic heterocycles. The van der Waals surface area contributed by atoms with Crippen molar-refractivity contribution in [3.05, 3.63) is 40.2 Å². The molecule has 0 aliphatic rings. The Morgan fingerprint density at radius 1 is 1.22 bits per heavy atom. The fourth-order valence-electron chi connectivity index (χ4n) is 2.66. The molecule has 0 saturated carbocycles. The van der Waals surface area contributed by atoms with Gasteiger partial charge in [0, 0.05) is 24.4 Å². The number of hydrogen-bond donors (Lipinski definition) is 1. The highest BCUT2D eigenvalue weighted by Gasteiger charge is 2.26. The Balaban J connectivity index is 2.34. The van der Waals surface area contributed by atoms with Crippen molar-refractivity contribution >= 4 is 16.8 Å². The molecule has 1 aromatic carbocycles. The molecule has 0 radical (unpaired) electrons. The van der Waals surface area contributed by atoms with Crippen LogP contribution in [0.15, 0.2) is 29.1 Å². The van der Waals surface area contributed by atoms with Crippen molar-refractivity contribution in [1.82, 2.24) is 9.88 Å². The number of halogens is 3. The third kappa shape index (κ3) is 5.48. The first kappa shape index (κ1) is 20.8. The van der Waals surface area contributed by atoms with Gasteiger partial charge in [0.2, 0.25) is 0 Å². The highest BCUT2D eigenvalue weighted by Crippen LogP contribution is 2.26. The number of aryl methyl sites for hydroxylation is 1. The summed E-state index contributed by atoms with van der Waals surface area (Å²) in [5.74, 6) is -0.182. The number of para-hydroxylation sites is 1. The molecule has 0 atom stereocenters. The molecule has 8 heteroatoms. The monoisotopic (exact) mass is 384 g/mol. The van der Waals surface area contributed by atoms with Gasteiger partial charge in [-0.2, -0.15) is 13.2 Å². The minimum Gasteiger partial charge on any atom is -0.491 e. The quantitative estimate of drug-likeness (QED) is 0.798. The summed E-state index contributed by atoms with van der Waals surface area (Å²) in [6.45, 7) is 5.30. The van der Waals surface area contributed by atoms with E-state index in [9.17, 15) is 22.8 Å². The maximum Gasteiger partial charge on any atom is 0.389 e. The third-order valence-electron chi connectivity index (χ3n) is 3.80. The lowest BCUT2D eigenvalue weighted by molar-refractivity contribution is -0.136. The minimum atomic E-state index is -4.23. The number of fused-ring (bicyclic) bond motifs is 1. The third-order valence-corrected chi connectivity index (χ3v) is 3.80. The summed E-state index contributed by atoms with van der Waals surface area (Å²) >= 11 is 0. The summed E-state index contributed by atoms with van der Waals surface area (Å²) < 4.78 is 43.5. The fourth-order valence-corrected chi connectivity index (χ4v) is 2.66. The van der Waals surface area contributed by atoms with Crippen molar-refractivity contribution in [3.63, 3.8) is 0 Å². The number of rotatable bonds is 5. The van der Waals surface area contributed by atoms with E-state index < -0.39 is 29.6 Å². The summed E-state index contributed by atoms with van der Waals surface area (Å²) in [4.78, 5) is 25.0. The van der Waals surface area contributed by atoms with Crippen molar-refractivity contribution in [3.8, 4) is 5.75 Å². The standard InChI is InChI=1S/C19H23F3N2O3/c1-18(2,3)23-16(25)13-11-12-7-5-8-14(15(12)24(4)17(13)26)27-10-6-9-19(20,21)22/h5,7-8,11H,6,9-10H2,1-4H3,(H,23,25). The molecule has 0 bridgehead atoms. The molecule has 0 fully saturated rings. The van der Waals surface area contributed by atoms with Crippen LogP contribution in [0, 0.1) is 0 Å². The predicted molar refractivity (Wildman–Crippen MR) is 97.2 cm³/mol. The number of benzene rings is 1. The van der Waals surface area contributed by atoms with Gasteiger partial charge in [0.25, 0.3) is 11.5 Å². The molecule has 27 heavy (non-hydrogen) atoms. The number of aromatic nitrogens is 1. The van der Waals surface area contributed by atoms with Crippen LogP contribution < -0.4 is 15.6 Å². The molecular weight excluding hydrogens is 361 g/mol. The number of carbonyl (C=O) groups is 1. The first-order valence-electron chi connectivity index (χ1n) is 8.54. The number of pyridine rings is 1. The maximum atomic E-state index is 12.6. The highest BCUT2D eigenvalue weighted by molar-refractivity contribution is 5.98. The summed E-state index contributed by atoms with van der Waals surface area (Å²) in [6, 6.07) is 6.44. The Kier molecular flexibility index (Phi) is 5.87. The van der Waals surface area contributed by atoms with Crippen molar-refractivity contribution in [2.75, 3.05) is 6.61 Å². The maximum absolute atomic E-state index is 12.6. The lowest BCUT2D eigenvalue weighted by Crippen LogP contribution is -2.43. The second-order valence-corrected chi connectivity index (χ2v) is 7.39. The zero-order chi connectivity index (χ0) is 20.4. The number of hydrogen-bond acceptors (Lipinski definition) is 3. The average molecular weight is 384 g/mol. The average Bonchev–Trinajstić information content (AvgIpc) is 2.52. The molecule has 0 unspecified atom stereocenters. The van der Waals surface area contributed by atoms with Gasteiger partial charge in [0.1, 0.15) is 11.3 Å². The first-order valence-corrected chi connectivity index (χ1v) is 8.54. The molecule has 0 aliphatic heterocycles. The molecule has 0 spiro atoms. The fraction of sp³-hybridized carbons (Fsp3) is 0.474. The molecule has 1 amide bonds. The molecule has 0 saturated heterocycles. The van der Waals surface area contributed by atoms with Gasteiger partial charge in [0.05, 0.1) is 12.1 Å². The second kappa shape index (κ2) is 7.62. The molecule has 1 heterocycles. The van der Waals surface area contributed by atoms with Crippen molar-refractivity contribution < 1.29 is 22.7 Å². The lowest BCUT2D eigenvalue weighted by Gasteiger charge is -2.21. The van der Waals surface area contributed by atoms with Crippen LogP contribution in [0.3, 0.4) is 0 Å². The molecule has 148 valence electrons. The number of nitrogens with zero attached hydrogens (tertiary/aromatic N) is 1. The number of ether oxygens (including phenoxy) is 1. The van der Waals surface area contributed by atoms with E-state index in [1.807, 2.05) is 20.8 Å². The van der Waals surface area contributed by atoms with Crippen LogP contribution in [-0.4, -0.2) is 28.8 Å². The van der Waals surface area contributed by atoms with E-state index in [2.05, 4.69) is 5.32 Å². The first-order chi connectivity index (χ1) is 12.4. The van der Waals surface area contributed by atoms with Crippen molar-refractivity contribution in [1.29, 1.82) is 0 Å². The van der Waals surface area contributed by atoms with Crippen LogP contribution >= 0.6 is 0 Å². The molecule has 2 aromatic rings. The Bertz CT molecular complexity index is 896. The SMILES string of the molecule is Cn1c(=O)c(C(=O)NC(C)(C)C)cc2cccc(OCCCC(F)(F)F)c21. The van der Waals surface area contributed by atoms with Crippen LogP contribution in [0.25, 0.3) is 10.9 Å². The smallest absolute Gasteiger partial charge is 0.389 e. The van der Waals surface area contributed by atoms with Crippen LogP contribution in [0.4, 0.5) is 13.2 Å². The predicted octanol–water partition coefficient (Wildman–Crippen LogP) is 3.79. The zero-order valence-electron chi connectivity index (χ0n) is 15.7. The van der Waals surface area contributed by atoms with Gasteiger partial charge < -0.3 is 14.6 Å². The number of alkyl halides is 3. The van der Waals surface area contributed by atoms with E-state index >= 15 is 0 Å². The molecule has 5 nitrogen and oxygen atoms in total.